The number of aromatic nitrogens is 3. The molecule has 2 unspecified atom stereocenters. The van der Waals surface area contributed by atoms with Crippen molar-refractivity contribution in [3.63, 3.8) is 0 Å². The van der Waals surface area contributed by atoms with Crippen LogP contribution < -0.4 is 5.32 Å². The van der Waals surface area contributed by atoms with Crippen LogP contribution in [0.2, 0.25) is 0 Å². The van der Waals surface area contributed by atoms with Crippen LogP contribution in [-0.2, 0) is 36.8 Å². The Bertz CT molecular complexity index is 1240. The number of carbonyl (C=O) groups is 4. The molecule has 10 nitrogen and oxygen atoms in total. The predicted octanol–water partition coefficient (Wildman–Crippen LogP) is 3.42. The number of aryl methyl sites for hydroxylation is 1. The Kier molecular flexibility index (Phi) is 11.0. The lowest BCUT2D eigenvalue weighted by Gasteiger charge is -2.21. The van der Waals surface area contributed by atoms with Crippen molar-refractivity contribution in [1.29, 1.82) is 0 Å². The van der Waals surface area contributed by atoms with Crippen molar-refractivity contribution in [2.24, 2.45) is 5.92 Å². The zero-order valence-corrected chi connectivity index (χ0v) is 23.0. The number of nitrogens with zero attached hydrogens (tertiary/aromatic N) is 3. The van der Waals surface area contributed by atoms with Crippen LogP contribution in [0.15, 0.2) is 48.7 Å². The number of rotatable bonds is 13. The van der Waals surface area contributed by atoms with E-state index in [2.05, 4.69) is 20.4 Å². The lowest BCUT2D eigenvalue weighted by molar-refractivity contribution is -0.148. The molecule has 0 aliphatic rings. The Hall–Kier alpha value is -3.51. The number of hydrogen-bond acceptors (Lipinski definition) is 10. The largest absolute Gasteiger partial charge is 0.464 e. The number of thioether (sulfide) groups is 1. The lowest BCUT2D eigenvalue weighted by Crippen LogP contribution is -2.39. The Morgan fingerprint density at radius 3 is 2.58 bits per heavy atom. The molecule has 3 aromatic rings. The van der Waals surface area contributed by atoms with E-state index in [9.17, 15) is 19.2 Å². The third kappa shape index (κ3) is 8.52. The van der Waals surface area contributed by atoms with Gasteiger partial charge in [0, 0.05) is 28.3 Å². The van der Waals surface area contributed by atoms with Crippen LogP contribution >= 0.6 is 23.1 Å². The van der Waals surface area contributed by atoms with Gasteiger partial charge >= 0.3 is 11.9 Å². The molecule has 202 valence electrons. The zero-order chi connectivity index (χ0) is 27.5. The smallest absolute Gasteiger partial charge is 0.360 e. The van der Waals surface area contributed by atoms with E-state index in [1.54, 1.807) is 13.0 Å². The first-order chi connectivity index (χ1) is 18.3. The lowest BCUT2D eigenvalue weighted by atomic mass is 9.99. The quantitative estimate of drug-likeness (QED) is 0.314. The monoisotopic (exact) mass is 558 g/mol. The van der Waals surface area contributed by atoms with E-state index in [0.29, 0.717) is 30.0 Å². The van der Waals surface area contributed by atoms with Crippen LogP contribution in [0.5, 0.6) is 0 Å². The molecule has 2 aromatic heterocycles. The third-order valence-electron chi connectivity index (χ3n) is 5.51. The van der Waals surface area contributed by atoms with E-state index < -0.39 is 23.9 Å². The second-order valence-electron chi connectivity index (χ2n) is 8.31. The normalized spacial score (nSPS) is 12.4. The van der Waals surface area contributed by atoms with Gasteiger partial charge in [0.1, 0.15) is 0 Å². The highest BCUT2D eigenvalue weighted by molar-refractivity contribution is 8.13. The number of hydrogen-bond donors (Lipinski definition) is 1. The Labute approximate surface area is 229 Å². The number of amides is 1. The second-order valence-corrected chi connectivity index (χ2v) is 10.7. The van der Waals surface area contributed by atoms with E-state index in [1.807, 2.05) is 36.4 Å². The van der Waals surface area contributed by atoms with Gasteiger partial charge in [0.05, 0.1) is 26.5 Å². The minimum Gasteiger partial charge on any atom is -0.464 e. The summed E-state index contributed by atoms with van der Waals surface area (Å²) >= 11 is 2.41. The van der Waals surface area contributed by atoms with Crippen LogP contribution in [0.25, 0.3) is 0 Å². The Morgan fingerprint density at radius 1 is 1.13 bits per heavy atom. The second kappa shape index (κ2) is 14.4. The topological polar surface area (TPSA) is 129 Å². The first-order valence-corrected chi connectivity index (χ1v) is 13.8. The van der Waals surface area contributed by atoms with E-state index in [4.69, 9.17) is 4.74 Å². The van der Waals surface area contributed by atoms with Crippen molar-refractivity contribution < 1.29 is 28.7 Å². The van der Waals surface area contributed by atoms with E-state index >= 15 is 0 Å². The first kappa shape index (κ1) is 29.1. The molecule has 0 saturated heterocycles. The predicted molar refractivity (Wildman–Crippen MR) is 144 cm³/mol. The summed E-state index contributed by atoms with van der Waals surface area (Å²) < 4.78 is 11.4. The summed E-state index contributed by atoms with van der Waals surface area (Å²) in [5.74, 6) is -1.63. The molecule has 3 rings (SSSR count). The van der Waals surface area contributed by atoms with Crippen LogP contribution in [0.1, 0.15) is 52.1 Å². The molecule has 1 N–H and O–H groups in total. The fraction of sp³-hybridized carbons (Fsp3) is 0.385. The highest BCUT2D eigenvalue weighted by Gasteiger charge is 2.29. The van der Waals surface area contributed by atoms with Crippen molar-refractivity contribution in [3.05, 3.63) is 69.7 Å². The minimum atomic E-state index is -0.996. The molecule has 1 aromatic carbocycles. The SMILES string of the molecule is CCOC(=O)C(NC(=O)C(CCc1ccccc1)CSC(C)=O)c1ccc(Cn2cc(C(=O)OC)nn2)s1. The highest BCUT2D eigenvalue weighted by atomic mass is 32.2. The van der Waals surface area contributed by atoms with Gasteiger partial charge in [-0.2, -0.15) is 0 Å². The zero-order valence-electron chi connectivity index (χ0n) is 21.4. The summed E-state index contributed by atoms with van der Waals surface area (Å²) in [4.78, 5) is 50.9. The fourth-order valence-electron chi connectivity index (χ4n) is 3.59. The van der Waals surface area contributed by atoms with Gasteiger partial charge in [0.2, 0.25) is 5.91 Å². The summed E-state index contributed by atoms with van der Waals surface area (Å²) in [5.41, 5.74) is 1.18. The molecular weight excluding hydrogens is 528 g/mol. The van der Waals surface area contributed by atoms with E-state index in [1.165, 1.54) is 36.2 Å². The average molecular weight is 559 g/mol. The highest BCUT2D eigenvalue weighted by Crippen LogP contribution is 2.27. The molecule has 0 radical (unpaired) electrons. The van der Waals surface area contributed by atoms with Crippen LogP contribution in [0.4, 0.5) is 0 Å². The van der Waals surface area contributed by atoms with Crippen molar-refractivity contribution >= 4 is 46.1 Å². The van der Waals surface area contributed by atoms with Gasteiger partial charge < -0.3 is 14.8 Å². The van der Waals surface area contributed by atoms with Crippen molar-refractivity contribution in [1.82, 2.24) is 20.3 Å². The molecule has 12 heteroatoms. The maximum atomic E-state index is 13.4. The minimum absolute atomic E-state index is 0.0733. The summed E-state index contributed by atoms with van der Waals surface area (Å²) in [7, 11) is 1.27. The van der Waals surface area contributed by atoms with Gasteiger partial charge in [0.15, 0.2) is 16.9 Å². The molecule has 0 bridgehead atoms. The maximum Gasteiger partial charge on any atom is 0.360 e. The molecule has 0 spiro atoms. The van der Waals surface area contributed by atoms with Gasteiger partial charge in [-0.3, -0.25) is 9.59 Å². The van der Waals surface area contributed by atoms with Gasteiger partial charge in [-0.1, -0.05) is 47.3 Å². The molecule has 38 heavy (non-hydrogen) atoms. The number of esters is 2. The first-order valence-electron chi connectivity index (χ1n) is 12.0. The summed E-state index contributed by atoms with van der Waals surface area (Å²) in [6.45, 7) is 3.64. The van der Waals surface area contributed by atoms with Gasteiger partial charge in [-0.25, -0.2) is 14.3 Å². The van der Waals surface area contributed by atoms with E-state index in [-0.39, 0.29) is 23.3 Å². The molecule has 0 fully saturated rings. The average Bonchev–Trinajstić information content (AvgIpc) is 3.57. The summed E-state index contributed by atoms with van der Waals surface area (Å²) in [5, 5.41) is 10.5. The summed E-state index contributed by atoms with van der Waals surface area (Å²) in [6.07, 6.45) is 2.66. The Balaban J connectivity index is 1.74. The number of ether oxygens (including phenoxy) is 2. The molecule has 2 atom stereocenters. The number of nitrogens with one attached hydrogen (secondary N) is 1. The molecule has 1 amide bonds. The maximum absolute atomic E-state index is 13.4. The van der Waals surface area contributed by atoms with Crippen LogP contribution in [0, 0.1) is 5.92 Å². The van der Waals surface area contributed by atoms with E-state index in [0.717, 1.165) is 22.2 Å². The molecule has 2 heterocycles. The van der Waals surface area contributed by atoms with Crippen LogP contribution in [-0.4, -0.2) is 57.4 Å². The van der Waals surface area contributed by atoms with Crippen molar-refractivity contribution in [2.45, 2.75) is 39.3 Å². The molecule has 0 saturated carbocycles. The molecule has 0 aliphatic carbocycles. The third-order valence-corrected chi connectivity index (χ3v) is 7.62. The number of benzene rings is 1. The fourth-order valence-corrected chi connectivity index (χ4v) is 5.39. The van der Waals surface area contributed by atoms with Gasteiger partial charge in [0.25, 0.3) is 0 Å². The number of methoxy groups -OCH3 is 1. The number of carbonyl (C=O) groups excluding carboxylic acids is 4. The van der Waals surface area contributed by atoms with Crippen molar-refractivity contribution in [3.8, 4) is 0 Å². The van der Waals surface area contributed by atoms with Crippen LogP contribution in [0.3, 0.4) is 0 Å². The van der Waals surface area contributed by atoms with Gasteiger partial charge in [-0.05, 0) is 37.5 Å². The molecular formula is C26H30N4O6S2. The summed E-state index contributed by atoms with van der Waals surface area (Å²) in [6, 6.07) is 12.4. The Morgan fingerprint density at radius 2 is 1.89 bits per heavy atom. The van der Waals surface area contributed by atoms with Crippen molar-refractivity contribution in [2.75, 3.05) is 19.5 Å². The number of thiophene rings is 1. The molecule has 0 aliphatic heterocycles. The van der Waals surface area contributed by atoms with Gasteiger partial charge in [-0.15, -0.1) is 16.4 Å². The standard InChI is InChI=1S/C26H30N4O6S2/c1-4-36-26(34)23(22-13-12-20(38-22)14-30-15-21(28-29-30)25(33)35-3)27-24(32)19(16-37-17(2)31)11-10-18-8-6-5-7-9-18/h5-9,12-13,15,19,23H,4,10-11,14,16H2,1-3H3,(H,27,32).